The van der Waals surface area contributed by atoms with Gasteiger partial charge in [0.15, 0.2) is 5.13 Å². The number of nitrogens with one attached hydrogen (secondary N) is 2. The van der Waals surface area contributed by atoms with Gasteiger partial charge in [-0.05, 0) is 25.0 Å². The second-order valence-electron chi connectivity index (χ2n) is 4.22. The van der Waals surface area contributed by atoms with E-state index in [9.17, 15) is 9.59 Å². The van der Waals surface area contributed by atoms with Crippen LogP contribution in [0.2, 0.25) is 0 Å². The van der Waals surface area contributed by atoms with Crippen LogP contribution in [0, 0.1) is 0 Å². The first-order valence-electron chi connectivity index (χ1n) is 5.68. The van der Waals surface area contributed by atoms with E-state index < -0.39 is 11.5 Å². The molecule has 5 nitrogen and oxygen atoms in total. The molecular formula is C12H11N3O2S. The number of rotatable bonds is 3. The average molecular weight is 261 g/mol. The Kier molecular flexibility index (Phi) is 2.71. The summed E-state index contributed by atoms with van der Waals surface area (Å²) in [5.74, 6) is 0.139. The number of pyridine rings is 1. The maximum atomic E-state index is 11.9. The number of aromatic nitrogens is 2. The molecule has 0 aromatic carbocycles. The Labute approximate surface area is 107 Å². The SMILES string of the molecule is O=C(Nc1nc(C2CC2)cs1)c1ccc[nH]c1=O. The van der Waals surface area contributed by atoms with Gasteiger partial charge in [-0.2, -0.15) is 0 Å². The van der Waals surface area contributed by atoms with Gasteiger partial charge < -0.3 is 4.98 Å². The van der Waals surface area contributed by atoms with Crippen molar-refractivity contribution < 1.29 is 4.79 Å². The number of nitrogens with zero attached hydrogens (tertiary/aromatic N) is 1. The molecule has 1 aliphatic rings. The molecule has 1 saturated carbocycles. The molecule has 0 spiro atoms. The molecule has 0 atom stereocenters. The van der Waals surface area contributed by atoms with E-state index in [1.807, 2.05) is 5.38 Å². The monoisotopic (exact) mass is 261 g/mol. The first-order valence-corrected chi connectivity index (χ1v) is 6.56. The van der Waals surface area contributed by atoms with Crippen LogP contribution < -0.4 is 10.9 Å². The average Bonchev–Trinajstić information content (AvgIpc) is 3.11. The summed E-state index contributed by atoms with van der Waals surface area (Å²) in [5, 5.41) is 5.16. The van der Waals surface area contributed by atoms with Crippen LogP contribution in [0.5, 0.6) is 0 Å². The molecule has 2 N–H and O–H groups in total. The fourth-order valence-electron chi connectivity index (χ4n) is 1.68. The molecule has 2 aromatic heterocycles. The number of carbonyl (C=O) groups is 1. The third-order valence-electron chi connectivity index (χ3n) is 2.80. The fourth-order valence-corrected chi connectivity index (χ4v) is 2.46. The molecule has 0 radical (unpaired) electrons. The van der Waals surface area contributed by atoms with Gasteiger partial charge in [0, 0.05) is 17.5 Å². The number of aromatic amines is 1. The molecule has 1 aliphatic carbocycles. The van der Waals surface area contributed by atoms with Crippen molar-refractivity contribution in [1.29, 1.82) is 0 Å². The predicted octanol–water partition coefficient (Wildman–Crippen LogP) is 1.96. The van der Waals surface area contributed by atoms with Crippen LogP contribution in [0.1, 0.15) is 34.8 Å². The zero-order valence-electron chi connectivity index (χ0n) is 9.47. The Balaban J connectivity index is 1.77. The van der Waals surface area contributed by atoms with Gasteiger partial charge in [-0.1, -0.05) is 0 Å². The van der Waals surface area contributed by atoms with Crippen molar-refractivity contribution in [3.05, 3.63) is 45.3 Å². The van der Waals surface area contributed by atoms with Crippen LogP contribution in [-0.4, -0.2) is 15.9 Å². The lowest BCUT2D eigenvalue weighted by Crippen LogP contribution is -2.22. The van der Waals surface area contributed by atoms with Gasteiger partial charge in [-0.15, -0.1) is 11.3 Å². The molecular weight excluding hydrogens is 250 g/mol. The molecule has 6 heteroatoms. The minimum Gasteiger partial charge on any atom is -0.328 e. The van der Waals surface area contributed by atoms with Crippen molar-refractivity contribution in [2.75, 3.05) is 5.32 Å². The zero-order valence-corrected chi connectivity index (χ0v) is 10.3. The van der Waals surface area contributed by atoms with Crippen LogP contribution in [0.25, 0.3) is 0 Å². The standard InChI is InChI=1S/C12H11N3O2S/c16-10-8(2-1-5-13-10)11(17)15-12-14-9(6-18-12)7-3-4-7/h1-2,5-7H,3-4H2,(H,13,16)(H,14,15,17). The highest BCUT2D eigenvalue weighted by Gasteiger charge is 2.26. The molecule has 0 bridgehead atoms. The van der Waals surface area contributed by atoms with E-state index in [0.717, 1.165) is 5.69 Å². The summed E-state index contributed by atoms with van der Waals surface area (Å²) in [7, 11) is 0. The topological polar surface area (TPSA) is 74.8 Å². The third kappa shape index (κ3) is 2.19. The van der Waals surface area contributed by atoms with Gasteiger partial charge in [0.2, 0.25) is 0 Å². The van der Waals surface area contributed by atoms with Crippen molar-refractivity contribution in [1.82, 2.24) is 9.97 Å². The lowest BCUT2D eigenvalue weighted by Gasteiger charge is -1.99. The summed E-state index contributed by atoms with van der Waals surface area (Å²) in [6, 6.07) is 3.11. The second-order valence-corrected chi connectivity index (χ2v) is 5.08. The van der Waals surface area contributed by atoms with Gasteiger partial charge in [-0.25, -0.2) is 4.98 Å². The number of hydrogen-bond donors (Lipinski definition) is 2. The Hall–Kier alpha value is -1.95. The van der Waals surface area contributed by atoms with Gasteiger partial charge in [0.25, 0.3) is 11.5 Å². The molecule has 3 rings (SSSR count). The molecule has 2 heterocycles. The van der Waals surface area contributed by atoms with Crippen molar-refractivity contribution in [2.45, 2.75) is 18.8 Å². The van der Waals surface area contributed by atoms with Gasteiger partial charge >= 0.3 is 0 Å². The molecule has 92 valence electrons. The zero-order chi connectivity index (χ0) is 12.5. The van der Waals surface area contributed by atoms with E-state index in [2.05, 4.69) is 15.3 Å². The van der Waals surface area contributed by atoms with Crippen molar-refractivity contribution in [3.63, 3.8) is 0 Å². The summed E-state index contributed by atoms with van der Waals surface area (Å²) in [5.41, 5.74) is 0.743. The van der Waals surface area contributed by atoms with Gasteiger partial charge in [0.05, 0.1) is 5.69 Å². The maximum Gasteiger partial charge on any atom is 0.263 e. The summed E-state index contributed by atoms with van der Waals surface area (Å²) in [6.07, 6.45) is 3.85. The normalized spacial score (nSPS) is 14.4. The van der Waals surface area contributed by atoms with Crippen LogP contribution >= 0.6 is 11.3 Å². The maximum absolute atomic E-state index is 11.9. The second kappa shape index (κ2) is 4.38. The number of thiazole rings is 1. The number of H-pyrrole nitrogens is 1. The molecule has 0 unspecified atom stereocenters. The Morgan fingerprint density at radius 2 is 2.33 bits per heavy atom. The van der Waals surface area contributed by atoms with Crippen LogP contribution in [-0.2, 0) is 0 Å². The highest BCUT2D eigenvalue weighted by molar-refractivity contribution is 7.14. The number of carbonyl (C=O) groups excluding carboxylic acids is 1. The summed E-state index contributed by atoms with van der Waals surface area (Å²) >= 11 is 1.39. The molecule has 1 fully saturated rings. The minimum atomic E-state index is -0.423. The van der Waals surface area contributed by atoms with E-state index in [1.54, 1.807) is 6.07 Å². The first-order chi connectivity index (χ1) is 8.74. The molecule has 18 heavy (non-hydrogen) atoms. The van der Waals surface area contributed by atoms with Gasteiger partial charge in [-0.3, -0.25) is 14.9 Å². The molecule has 0 saturated heterocycles. The van der Waals surface area contributed by atoms with Crippen molar-refractivity contribution in [2.24, 2.45) is 0 Å². The van der Waals surface area contributed by atoms with E-state index in [0.29, 0.717) is 11.0 Å². The van der Waals surface area contributed by atoms with Crippen molar-refractivity contribution >= 4 is 22.4 Å². The largest absolute Gasteiger partial charge is 0.328 e. The molecule has 0 aliphatic heterocycles. The highest BCUT2D eigenvalue weighted by atomic mass is 32.1. The van der Waals surface area contributed by atoms with E-state index in [4.69, 9.17) is 0 Å². The minimum absolute atomic E-state index is 0.0978. The quantitative estimate of drug-likeness (QED) is 0.886. The summed E-state index contributed by atoms with van der Waals surface area (Å²) in [6.45, 7) is 0. The molecule has 2 aromatic rings. The smallest absolute Gasteiger partial charge is 0.263 e. The Morgan fingerprint density at radius 1 is 1.50 bits per heavy atom. The van der Waals surface area contributed by atoms with Crippen LogP contribution in [0.4, 0.5) is 5.13 Å². The first kappa shape index (κ1) is 11.2. The Bertz CT molecular complexity index is 643. The number of anilines is 1. The lowest BCUT2D eigenvalue weighted by molar-refractivity contribution is 0.102. The van der Waals surface area contributed by atoms with Crippen LogP contribution in [0.15, 0.2) is 28.5 Å². The van der Waals surface area contributed by atoms with E-state index in [-0.39, 0.29) is 5.56 Å². The number of hydrogen-bond acceptors (Lipinski definition) is 4. The highest BCUT2D eigenvalue weighted by Crippen LogP contribution is 2.40. The summed E-state index contributed by atoms with van der Waals surface area (Å²) < 4.78 is 0. The van der Waals surface area contributed by atoms with E-state index in [1.165, 1.54) is 36.4 Å². The Morgan fingerprint density at radius 3 is 3.06 bits per heavy atom. The van der Waals surface area contributed by atoms with Crippen molar-refractivity contribution in [3.8, 4) is 0 Å². The predicted molar refractivity (Wildman–Crippen MR) is 69.1 cm³/mol. The lowest BCUT2D eigenvalue weighted by atomic mass is 10.2. The summed E-state index contributed by atoms with van der Waals surface area (Å²) in [4.78, 5) is 30.1. The van der Waals surface area contributed by atoms with Crippen LogP contribution in [0.3, 0.4) is 0 Å². The third-order valence-corrected chi connectivity index (χ3v) is 3.58. The number of amides is 1. The molecule has 1 amide bonds. The van der Waals surface area contributed by atoms with E-state index >= 15 is 0 Å². The fraction of sp³-hybridized carbons (Fsp3) is 0.250. The van der Waals surface area contributed by atoms with Gasteiger partial charge in [0.1, 0.15) is 5.56 Å².